The van der Waals surface area contributed by atoms with Gasteiger partial charge in [-0.3, -0.25) is 4.79 Å². The Balaban J connectivity index is 1.35. The van der Waals surface area contributed by atoms with E-state index >= 15 is 0 Å². The Kier molecular flexibility index (Phi) is 12.5. The zero-order valence-corrected chi connectivity index (χ0v) is 32.9. The van der Waals surface area contributed by atoms with Gasteiger partial charge in [-0.15, -0.1) is 0 Å². The lowest BCUT2D eigenvalue weighted by Gasteiger charge is -2.34. The number of rotatable bonds is 16. The summed E-state index contributed by atoms with van der Waals surface area (Å²) < 4.78 is 125. The number of carbonyl (C=O) groups is 1. The highest BCUT2D eigenvalue weighted by Crippen LogP contribution is 2.46. The summed E-state index contributed by atoms with van der Waals surface area (Å²) in [5, 5.41) is 2.23. The topological polar surface area (TPSA) is 142 Å². The first kappa shape index (κ1) is 42.2. The minimum Gasteiger partial charge on any atom is -0.497 e. The molecule has 2 aromatic carbocycles. The third-order valence-corrected chi connectivity index (χ3v) is 11.4. The van der Waals surface area contributed by atoms with Crippen LogP contribution in [-0.4, -0.2) is 88.8 Å². The van der Waals surface area contributed by atoms with Crippen molar-refractivity contribution in [2.75, 3.05) is 58.4 Å². The van der Waals surface area contributed by atoms with Gasteiger partial charge in [0.1, 0.15) is 28.8 Å². The maximum absolute atomic E-state index is 14.6. The first-order chi connectivity index (χ1) is 27.5. The minimum absolute atomic E-state index is 0.00378. The molecule has 2 aromatic heterocycles. The Labute approximate surface area is 332 Å². The molecule has 3 heterocycles. The molecule has 2 aliphatic rings. The van der Waals surface area contributed by atoms with Crippen LogP contribution in [0.3, 0.4) is 0 Å². The number of alkyl halides is 5. The molecule has 4 aromatic rings. The van der Waals surface area contributed by atoms with Crippen LogP contribution in [-0.2, 0) is 23.1 Å². The number of aromatic nitrogens is 2. The van der Waals surface area contributed by atoms with E-state index < -0.39 is 52.5 Å². The van der Waals surface area contributed by atoms with E-state index in [2.05, 4.69) is 15.3 Å². The molecule has 1 saturated heterocycles. The molecule has 1 aliphatic heterocycles. The van der Waals surface area contributed by atoms with E-state index in [1.165, 1.54) is 51.7 Å². The van der Waals surface area contributed by atoms with Gasteiger partial charge in [0.2, 0.25) is 5.88 Å². The van der Waals surface area contributed by atoms with Crippen molar-refractivity contribution < 1.29 is 58.8 Å². The fourth-order valence-corrected chi connectivity index (χ4v) is 7.79. The number of anilines is 2. The van der Waals surface area contributed by atoms with Gasteiger partial charge in [-0.2, -0.15) is 22.5 Å². The molecule has 312 valence electrons. The highest BCUT2D eigenvalue weighted by Gasteiger charge is 2.38. The molecule has 2 fully saturated rings. The Morgan fingerprint density at radius 1 is 0.879 bits per heavy atom. The maximum atomic E-state index is 14.6. The lowest BCUT2D eigenvalue weighted by molar-refractivity contribution is -0.154. The van der Waals surface area contributed by atoms with Crippen LogP contribution < -0.4 is 33.9 Å². The number of nitrogens with one attached hydrogen (secondary N) is 1. The zero-order valence-electron chi connectivity index (χ0n) is 32.1. The van der Waals surface area contributed by atoms with Crippen molar-refractivity contribution in [1.82, 2.24) is 14.3 Å². The first-order valence-corrected chi connectivity index (χ1v) is 19.5. The number of benzene rings is 2. The lowest BCUT2D eigenvalue weighted by Crippen LogP contribution is -2.40. The summed E-state index contributed by atoms with van der Waals surface area (Å²) in [6.07, 6.45) is -3.38. The predicted octanol–water partition coefficient (Wildman–Crippen LogP) is 7.21. The average Bonchev–Trinajstić information content (AvgIpc) is 4.05. The van der Waals surface area contributed by atoms with Crippen molar-refractivity contribution in [3.8, 4) is 28.9 Å². The number of pyridine rings is 2. The second kappa shape index (κ2) is 17.2. The molecule has 0 spiro atoms. The van der Waals surface area contributed by atoms with Crippen molar-refractivity contribution in [1.29, 1.82) is 0 Å². The Morgan fingerprint density at radius 2 is 1.47 bits per heavy atom. The van der Waals surface area contributed by atoms with Crippen LogP contribution in [0.15, 0.2) is 65.8 Å². The number of hydrogen-bond donors (Lipinski definition) is 1. The zero-order chi connectivity index (χ0) is 41.8. The molecule has 1 saturated carbocycles. The third kappa shape index (κ3) is 9.98. The van der Waals surface area contributed by atoms with Gasteiger partial charge in [0, 0.05) is 85.8 Å². The number of halogens is 5. The van der Waals surface area contributed by atoms with E-state index in [1.54, 1.807) is 36.4 Å². The van der Waals surface area contributed by atoms with Crippen LogP contribution in [0.4, 0.5) is 33.5 Å². The number of nitrogens with zero attached hydrogens (tertiary/aromatic N) is 4. The standard InChI is InChI=1S/C39H42F5N5O8S/c1-53-28-9-7-25(32(18-28)55-3)21-49(22-26-8-10-29(54-2)19-33(26)56-4)58(51,52)34-17-27(11-14-45-34)46-36(50)31-20-30(24-5-6-24)37(57-23-39(42,43)44)47-35(31)48-15-12-38(40,41)13-16-48/h7-11,14,17-20,24H,5-6,12-13,15-16,21-23H2,1-4H3,(H,45,46,50). The van der Waals surface area contributed by atoms with Crippen molar-refractivity contribution in [3.05, 3.63) is 83.0 Å². The summed E-state index contributed by atoms with van der Waals surface area (Å²) >= 11 is 0. The average molecular weight is 836 g/mol. The van der Waals surface area contributed by atoms with Gasteiger partial charge in [-0.25, -0.2) is 22.2 Å². The molecule has 13 nitrogen and oxygen atoms in total. The molecule has 0 atom stereocenters. The van der Waals surface area contributed by atoms with E-state index in [0.29, 0.717) is 47.0 Å². The second-order valence-corrected chi connectivity index (χ2v) is 15.6. The van der Waals surface area contributed by atoms with Crippen molar-refractivity contribution in [2.45, 2.75) is 61.8 Å². The molecule has 0 unspecified atom stereocenters. The summed E-state index contributed by atoms with van der Waals surface area (Å²) in [7, 11) is 1.38. The van der Waals surface area contributed by atoms with Crippen LogP contribution in [0.25, 0.3) is 0 Å². The van der Waals surface area contributed by atoms with Crippen LogP contribution >= 0.6 is 0 Å². The molecule has 6 rings (SSSR count). The van der Waals surface area contributed by atoms with Crippen molar-refractivity contribution in [3.63, 3.8) is 0 Å². The number of sulfonamides is 1. The first-order valence-electron chi connectivity index (χ1n) is 18.1. The number of piperidine rings is 1. The lowest BCUT2D eigenvalue weighted by atomic mass is 10.0. The van der Waals surface area contributed by atoms with Crippen molar-refractivity contribution >= 4 is 27.4 Å². The minimum atomic E-state index is -4.68. The van der Waals surface area contributed by atoms with Crippen LogP contribution in [0.2, 0.25) is 0 Å². The van der Waals surface area contributed by atoms with Crippen molar-refractivity contribution in [2.24, 2.45) is 0 Å². The smallest absolute Gasteiger partial charge is 0.422 e. The summed E-state index contributed by atoms with van der Waals surface area (Å²) in [4.78, 5) is 24.0. The fraction of sp³-hybridized carbons (Fsp3) is 0.410. The summed E-state index contributed by atoms with van der Waals surface area (Å²) in [6, 6.07) is 13.8. The number of carbonyl (C=O) groups excluding carboxylic acids is 1. The fourth-order valence-electron chi connectivity index (χ4n) is 6.44. The Bertz CT molecular complexity index is 2170. The number of hydrogen-bond acceptors (Lipinski definition) is 11. The summed E-state index contributed by atoms with van der Waals surface area (Å²) in [5.74, 6) is -2.77. The van der Waals surface area contributed by atoms with Gasteiger partial charge < -0.3 is 33.9 Å². The van der Waals surface area contributed by atoms with E-state index in [0.717, 1.165) is 10.4 Å². The largest absolute Gasteiger partial charge is 0.497 e. The third-order valence-electron chi connectivity index (χ3n) is 9.70. The highest BCUT2D eigenvalue weighted by molar-refractivity contribution is 7.89. The van der Waals surface area contributed by atoms with Crippen LogP contribution in [0.5, 0.6) is 28.9 Å². The van der Waals surface area contributed by atoms with E-state index in [4.69, 9.17) is 23.7 Å². The SMILES string of the molecule is COc1ccc(CN(Cc2ccc(OC)cc2OC)S(=O)(=O)c2cc(NC(=O)c3cc(C4CC4)c(OCC(F)(F)F)nc3N3CCC(F)(F)CC3)ccn2)c(OC)c1. The van der Waals surface area contributed by atoms with Gasteiger partial charge in [-0.1, -0.05) is 12.1 Å². The van der Waals surface area contributed by atoms with Gasteiger partial charge in [0.05, 0.1) is 34.0 Å². The van der Waals surface area contributed by atoms with Gasteiger partial charge in [0.15, 0.2) is 11.6 Å². The van der Waals surface area contributed by atoms with E-state index in [-0.39, 0.29) is 60.6 Å². The number of ether oxygens (including phenoxy) is 5. The quantitative estimate of drug-likeness (QED) is 0.115. The molecular weight excluding hydrogens is 794 g/mol. The van der Waals surface area contributed by atoms with E-state index in [9.17, 15) is 35.2 Å². The monoisotopic (exact) mass is 835 g/mol. The van der Waals surface area contributed by atoms with Crippen LogP contribution in [0, 0.1) is 0 Å². The van der Waals surface area contributed by atoms with Gasteiger partial charge >= 0.3 is 6.18 Å². The molecule has 0 radical (unpaired) electrons. The molecular formula is C39H42F5N5O8S. The molecule has 19 heteroatoms. The Morgan fingerprint density at radius 3 is 1.98 bits per heavy atom. The molecule has 1 N–H and O–H groups in total. The normalized spacial score (nSPS) is 15.5. The summed E-state index contributed by atoms with van der Waals surface area (Å²) in [6.45, 7) is -2.48. The molecule has 1 amide bonds. The van der Waals surface area contributed by atoms with Crippen LogP contribution in [0.1, 0.15) is 58.6 Å². The molecule has 58 heavy (non-hydrogen) atoms. The number of methoxy groups -OCH3 is 4. The maximum Gasteiger partial charge on any atom is 0.422 e. The molecule has 0 bridgehead atoms. The molecule has 1 aliphatic carbocycles. The second-order valence-electron chi connectivity index (χ2n) is 13.7. The highest BCUT2D eigenvalue weighted by atomic mass is 32.2. The van der Waals surface area contributed by atoms with Gasteiger partial charge in [-0.05, 0) is 43.0 Å². The summed E-state index contributed by atoms with van der Waals surface area (Å²) in [5.41, 5.74) is 1.16. The van der Waals surface area contributed by atoms with Gasteiger partial charge in [0.25, 0.3) is 21.9 Å². The predicted molar refractivity (Wildman–Crippen MR) is 202 cm³/mol. The Hall–Kier alpha value is -5.43. The van der Waals surface area contributed by atoms with E-state index in [1.807, 2.05) is 0 Å². The number of amides is 1.